The number of carbonyl (C=O) groups excluding carboxylic acids is 1. The van der Waals surface area contributed by atoms with Crippen LogP contribution in [0.4, 0.5) is 0 Å². The first-order chi connectivity index (χ1) is 14.2. The lowest BCUT2D eigenvalue weighted by Crippen LogP contribution is -2.37. The molecule has 150 valence electrons. The average Bonchev–Trinajstić information content (AvgIpc) is 3.44. The molecule has 1 aromatic carbocycles. The highest BCUT2D eigenvalue weighted by Gasteiger charge is 2.53. The molecule has 0 bridgehead atoms. The van der Waals surface area contributed by atoms with E-state index in [4.69, 9.17) is 4.74 Å². The molecule has 1 amide bonds. The SMILES string of the molecule is O=C(N1CCC(c2ccncc2)C1)C1(c2ccc(OC3C=CCCC3)cc2)CC1. The third kappa shape index (κ3) is 3.68. The second-order valence-electron chi connectivity index (χ2n) is 8.64. The van der Waals surface area contributed by atoms with Crippen LogP contribution in [0.5, 0.6) is 5.75 Å². The third-order valence-corrected chi connectivity index (χ3v) is 6.72. The highest BCUT2D eigenvalue weighted by atomic mass is 16.5. The van der Waals surface area contributed by atoms with E-state index >= 15 is 0 Å². The fourth-order valence-electron chi connectivity index (χ4n) is 4.81. The Hall–Kier alpha value is -2.62. The maximum absolute atomic E-state index is 13.4. The number of aromatic nitrogens is 1. The fourth-order valence-corrected chi connectivity index (χ4v) is 4.81. The third-order valence-electron chi connectivity index (χ3n) is 6.72. The number of nitrogens with zero attached hydrogens (tertiary/aromatic N) is 2. The van der Waals surface area contributed by atoms with Crippen LogP contribution < -0.4 is 4.74 Å². The first-order valence-electron chi connectivity index (χ1n) is 10.9. The van der Waals surface area contributed by atoms with E-state index in [0.717, 1.165) is 56.5 Å². The van der Waals surface area contributed by atoms with E-state index < -0.39 is 0 Å². The maximum Gasteiger partial charge on any atom is 0.233 e. The molecule has 1 saturated carbocycles. The van der Waals surface area contributed by atoms with Crippen molar-refractivity contribution in [1.82, 2.24) is 9.88 Å². The van der Waals surface area contributed by atoms with Gasteiger partial charge in [0.05, 0.1) is 5.41 Å². The zero-order chi connectivity index (χ0) is 19.7. The van der Waals surface area contributed by atoms with Crippen LogP contribution in [0.1, 0.15) is 55.6 Å². The number of carbonyl (C=O) groups is 1. The summed E-state index contributed by atoms with van der Waals surface area (Å²) in [6.07, 6.45) is 14.6. The largest absolute Gasteiger partial charge is 0.486 e. The van der Waals surface area contributed by atoms with Crippen LogP contribution in [-0.2, 0) is 10.2 Å². The van der Waals surface area contributed by atoms with E-state index in [1.165, 1.54) is 12.0 Å². The smallest absolute Gasteiger partial charge is 0.233 e. The summed E-state index contributed by atoms with van der Waals surface area (Å²) < 4.78 is 6.08. The maximum atomic E-state index is 13.4. The number of rotatable bonds is 5. The fraction of sp³-hybridized carbons (Fsp3) is 0.440. The van der Waals surface area contributed by atoms with Gasteiger partial charge in [0.2, 0.25) is 5.91 Å². The van der Waals surface area contributed by atoms with Crippen molar-refractivity contribution < 1.29 is 9.53 Å². The number of pyridine rings is 1. The lowest BCUT2D eigenvalue weighted by atomic mass is 9.94. The van der Waals surface area contributed by atoms with Crippen LogP contribution in [0.15, 0.2) is 60.9 Å². The van der Waals surface area contributed by atoms with E-state index in [2.05, 4.69) is 46.3 Å². The Morgan fingerprint density at radius 1 is 1.07 bits per heavy atom. The Balaban J connectivity index is 1.25. The number of amides is 1. The molecule has 2 unspecified atom stereocenters. The van der Waals surface area contributed by atoms with Gasteiger partial charge in [-0.3, -0.25) is 9.78 Å². The molecule has 2 aromatic rings. The molecule has 0 N–H and O–H groups in total. The number of likely N-dealkylation sites (tertiary alicyclic amines) is 1. The van der Waals surface area contributed by atoms with Gasteiger partial charge in [-0.25, -0.2) is 0 Å². The zero-order valence-electron chi connectivity index (χ0n) is 16.8. The minimum Gasteiger partial charge on any atom is -0.486 e. The van der Waals surface area contributed by atoms with Crippen LogP contribution >= 0.6 is 0 Å². The normalized spacial score (nSPS) is 25.0. The van der Waals surface area contributed by atoms with Gasteiger partial charge in [-0.15, -0.1) is 0 Å². The van der Waals surface area contributed by atoms with Crippen molar-refractivity contribution in [3.8, 4) is 5.75 Å². The van der Waals surface area contributed by atoms with Crippen molar-refractivity contribution in [2.75, 3.05) is 13.1 Å². The Labute approximate surface area is 172 Å². The highest BCUT2D eigenvalue weighted by Crippen LogP contribution is 2.50. The highest BCUT2D eigenvalue weighted by molar-refractivity contribution is 5.91. The summed E-state index contributed by atoms with van der Waals surface area (Å²) >= 11 is 0. The van der Waals surface area contributed by atoms with Crippen LogP contribution in [0.2, 0.25) is 0 Å². The van der Waals surface area contributed by atoms with Gasteiger partial charge in [0.1, 0.15) is 11.9 Å². The van der Waals surface area contributed by atoms with Gasteiger partial charge in [0.25, 0.3) is 0 Å². The molecule has 2 heterocycles. The Morgan fingerprint density at radius 3 is 2.55 bits per heavy atom. The topological polar surface area (TPSA) is 42.4 Å². The molecule has 2 fully saturated rings. The minimum atomic E-state index is -0.309. The molecule has 5 rings (SSSR count). The standard InChI is InChI=1S/C25H28N2O2/c28-24(27-17-12-20(18-27)19-10-15-26-16-11-19)25(13-14-25)21-6-8-23(9-7-21)29-22-4-2-1-3-5-22/h2,4,6-11,15-16,20,22H,1,3,5,12-14,17-18H2. The van der Waals surface area contributed by atoms with E-state index in [-0.39, 0.29) is 11.5 Å². The number of hydrogen-bond acceptors (Lipinski definition) is 3. The number of hydrogen-bond donors (Lipinski definition) is 0. The zero-order valence-corrected chi connectivity index (χ0v) is 16.8. The Kier molecular flexibility index (Phi) is 4.86. The predicted octanol–water partition coefficient (Wildman–Crippen LogP) is 4.62. The van der Waals surface area contributed by atoms with Gasteiger partial charge in [0, 0.05) is 31.4 Å². The first-order valence-corrected chi connectivity index (χ1v) is 10.9. The Morgan fingerprint density at radius 2 is 1.86 bits per heavy atom. The average molecular weight is 389 g/mol. The summed E-state index contributed by atoms with van der Waals surface area (Å²) in [6.45, 7) is 1.67. The summed E-state index contributed by atoms with van der Waals surface area (Å²) in [4.78, 5) is 19.6. The van der Waals surface area contributed by atoms with Gasteiger partial charge in [0.15, 0.2) is 0 Å². The monoisotopic (exact) mass is 388 g/mol. The van der Waals surface area contributed by atoms with Crippen molar-refractivity contribution in [3.63, 3.8) is 0 Å². The lowest BCUT2D eigenvalue weighted by molar-refractivity contribution is -0.132. The van der Waals surface area contributed by atoms with E-state index in [0.29, 0.717) is 11.8 Å². The quantitative estimate of drug-likeness (QED) is 0.702. The van der Waals surface area contributed by atoms with Gasteiger partial charge in [-0.1, -0.05) is 18.2 Å². The molecule has 4 heteroatoms. The molecular weight excluding hydrogens is 360 g/mol. The summed E-state index contributed by atoms with van der Waals surface area (Å²) in [7, 11) is 0. The predicted molar refractivity (Wildman–Crippen MR) is 113 cm³/mol. The molecule has 3 aliphatic rings. The molecule has 2 aliphatic carbocycles. The number of ether oxygens (including phenoxy) is 1. The van der Waals surface area contributed by atoms with E-state index in [1.807, 2.05) is 24.5 Å². The van der Waals surface area contributed by atoms with Crippen molar-refractivity contribution in [2.45, 2.75) is 56.0 Å². The first kappa shape index (κ1) is 18.4. The molecular formula is C25H28N2O2. The molecule has 29 heavy (non-hydrogen) atoms. The molecule has 1 aromatic heterocycles. The van der Waals surface area contributed by atoms with Gasteiger partial charge in [-0.05, 0) is 80.0 Å². The molecule has 0 radical (unpaired) electrons. The minimum absolute atomic E-state index is 0.181. The van der Waals surface area contributed by atoms with E-state index in [1.54, 1.807) is 0 Å². The molecule has 0 spiro atoms. The summed E-state index contributed by atoms with van der Waals surface area (Å²) in [6, 6.07) is 12.4. The van der Waals surface area contributed by atoms with Crippen LogP contribution in [0.3, 0.4) is 0 Å². The second-order valence-corrected chi connectivity index (χ2v) is 8.64. The number of benzene rings is 1. The molecule has 1 saturated heterocycles. The van der Waals surface area contributed by atoms with Gasteiger partial charge < -0.3 is 9.64 Å². The Bertz CT molecular complexity index is 887. The summed E-state index contributed by atoms with van der Waals surface area (Å²) in [5.74, 6) is 1.63. The van der Waals surface area contributed by atoms with Crippen LogP contribution in [-0.4, -0.2) is 35.0 Å². The second kappa shape index (κ2) is 7.66. The van der Waals surface area contributed by atoms with Gasteiger partial charge >= 0.3 is 0 Å². The van der Waals surface area contributed by atoms with Gasteiger partial charge in [-0.2, -0.15) is 0 Å². The lowest BCUT2D eigenvalue weighted by Gasteiger charge is -2.24. The molecule has 2 atom stereocenters. The molecule has 4 nitrogen and oxygen atoms in total. The number of allylic oxidation sites excluding steroid dienone is 1. The summed E-state index contributed by atoms with van der Waals surface area (Å²) in [5, 5.41) is 0. The van der Waals surface area contributed by atoms with Crippen molar-refractivity contribution in [2.24, 2.45) is 0 Å². The van der Waals surface area contributed by atoms with Crippen LogP contribution in [0, 0.1) is 0 Å². The summed E-state index contributed by atoms with van der Waals surface area (Å²) in [5.41, 5.74) is 2.12. The van der Waals surface area contributed by atoms with E-state index in [9.17, 15) is 4.79 Å². The van der Waals surface area contributed by atoms with Crippen molar-refractivity contribution in [3.05, 3.63) is 72.1 Å². The van der Waals surface area contributed by atoms with Crippen LogP contribution in [0.25, 0.3) is 0 Å². The van der Waals surface area contributed by atoms with Crippen molar-refractivity contribution >= 4 is 5.91 Å². The molecule has 1 aliphatic heterocycles. The van der Waals surface area contributed by atoms with Crippen molar-refractivity contribution in [1.29, 1.82) is 0 Å².